The number of carbonyl (C=O) groups excluding carboxylic acids is 2. The minimum Gasteiger partial charge on any atom is -0.495 e. The fourth-order valence-electron chi connectivity index (χ4n) is 3.61. The molecule has 2 aromatic rings. The number of nitrogens with zero attached hydrogens (tertiary/aromatic N) is 2. The van der Waals surface area contributed by atoms with Crippen LogP contribution in [0.3, 0.4) is 0 Å². The number of benzene rings is 2. The number of nitrogens with one attached hydrogen (secondary N) is 1. The maximum atomic E-state index is 13.5. The maximum absolute atomic E-state index is 13.5. The van der Waals surface area contributed by atoms with Gasteiger partial charge in [0.1, 0.15) is 18.3 Å². The number of carbonyl (C=O) groups is 2. The molecule has 0 aromatic heterocycles. The van der Waals surface area contributed by atoms with E-state index in [-0.39, 0.29) is 23.2 Å². The second kappa shape index (κ2) is 12.6. The van der Waals surface area contributed by atoms with Gasteiger partial charge in [0.2, 0.25) is 21.8 Å². The molecule has 1 unspecified atom stereocenters. The molecule has 1 atom stereocenters. The van der Waals surface area contributed by atoms with Gasteiger partial charge in [-0.2, -0.15) is 0 Å². The largest absolute Gasteiger partial charge is 0.495 e. The number of hydrogen-bond acceptors (Lipinski definition) is 5. The zero-order chi connectivity index (χ0) is 25.3. The quantitative estimate of drug-likeness (QED) is 0.474. The van der Waals surface area contributed by atoms with Crippen molar-refractivity contribution in [3.8, 4) is 5.75 Å². The number of halogens is 1. The van der Waals surface area contributed by atoms with Gasteiger partial charge < -0.3 is 15.0 Å². The number of likely N-dealkylation sites (N-methyl/N-ethyl adjacent to an activating group) is 1. The Morgan fingerprint density at radius 2 is 1.79 bits per heavy atom. The van der Waals surface area contributed by atoms with E-state index >= 15 is 0 Å². The Morgan fingerprint density at radius 1 is 1.12 bits per heavy atom. The third-order valence-corrected chi connectivity index (χ3v) is 6.76. The fourth-order valence-corrected chi connectivity index (χ4v) is 4.71. The van der Waals surface area contributed by atoms with E-state index in [1.54, 1.807) is 6.92 Å². The van der Waals surface area contributed by atoms with Crippen molar-refractivity contribution in [1.82, 2.24) is 10.2 Å². The molecule has 0 aliphatic carbocycles. The topological polar surface area (TPSA) is 96.0 Å². The lowest BCUT2D eigenvalue weighted by atomic mass is 10.1. The Bertz CT molecular complexity index is 1080. The van der Waals surface area contributed by atoms with E-state index in [0.717, 1.165) is 16.1 Å². The van der Waals surface area contributed by atoms with Gasteiger partial charge in [-0.15, -0.1) is 0 Å². The molecular weight excluding hydrogens is 478 g/mol. The lowest BCUT2D eigenvalue weighted by molar-refractivity contribution is -0.139. The van der Waals surface area contributed by atoms with E-state index in [1.165, 1.54) is 30.2 Å². The summed E-state index contributed by atoms with van der Waals surface area (Å²) in [5.74, 6) is -0.367. The third-order valence-electron chi connectivity index (χ3n) is 5.32. The van der Waals surface area contributed by atoms with Crippen LogP contribution in [0.15, 0.2) is 48.5 Å². The number of ether oxygens (including phenoxy) is 1. The number of anilines is 1. The Morgan fingerprint density at radius 3 is 2.32 bits per heavy atom. The lowest BCUT2D eigenvalue weighted by Crippen LogP contribution is -2.53. The van der Waals surface area contributed by atoms with Crippen LogP contribution in [0, 0.1) is 0 Å². The minimum atomic E-state index is -3.83. The van der Waals surface area contributed by atoms with Crippen molar-refractivity contribution in [3.05, 3.63) is 59.1 Å². The van der Waals surface area contributed by atoms with Crippen LogP contribution in [-0.4, -0.2) is 64.2 Å². The van der Waals surface area contributed by atoms with Crippen LogP contribution < -0.4 is 14.4 Å². The summed E-state index contributed by atoms with van der Waals surface area (Å²) < 4.78 is 31.3. The molecule has 0 saturated carbocycles. The standard InChI is InChI=1S/C24H32ClN3O5S/c1-5-21(24(30)26-6-2)27(15-14-18-10-8-7-9-11-18)23(29)17-28(34(4,31)32)19-12-13-22(33-3)20(25)16-19/h7-13,16,21H,5-6,14-15,17H2,1-4H3,(H,26,30). The van der Waals surface area contributed by atoms with E-state index in [9.17, 15) is 18.0 Å². The van der Waals surface area contributed by atoms with E-state index in [2.05, 4.69) is 5.32 Å². The van der Waals surface area contributed by atoms with Crippen molar-refractivity contribution >= 4 is 39.1 Å². The summed E-state index contributed by atoms with van der Waals surface area (Å²) in [7, 11) is -2.37. The first-order chi connectivity index (χ1) is 16.1. The second-order valence-electron chi connectivity index (χ2n) is 7.73. The van der Waals surface area contributed by atoms with Crippen LogP contribution in [0.1, 0.15) is 25.8 Å². The summed E-state index contributed by atoms with van der Waals surface area (Å²) in [5.41, 5.74) is 1.24. The predicted octanol–water partition coefficient (Wildman–Crippen LogP) is 3.10. The zero-order valence-corrected chi connectivity index (χ0v) is 21.5. The van der Waals surface area contributed by atoms with Crippen LogP contribution in [-0.2, 0) is 26.0 Å². The fraction of sp³-hybridized carbons (Fsp3) is 0.417. The van der Waals surface area contributed by atoms with Crippen LogP contribution >= 0.6 is 11.6 Å². The van der Waals surface area contributed by atoms with Gasteiger partial charge in [-0.25, -0.2) is 8.42 Å². The second-order valence-corrected chi connectivity index (χ2v) is 10.0. The molecule has 0 radical (unpaired) electrons. The first-order valence-corrected chi connectivity index (χ1v) is 13.3. The smallest absolute Gasteiger partial charge is 0.244 e. The van der Waals surface area contributed by atoms with Gasteiger partial charge in [-0.1, -0.05) is 48.9 Å². The van der Waals surface area contributed by atoms with Crippen LogP contribution in [0.25, 0.3) is 0 Å². The molecular formula is C24H32ClN3O5S. The summed E-state index contributed by atoms with van der Waals surface area (Å²) >= 11 is 6.19. The van der Waals surface area contributed by atoms with E-state index in [0.29, 0.717) is 25.1 Å². The summed E-state index contributed by atoms with van der Waals surface area (Å²) in [6, 6.07) is 13.4. The van der Waals surface area contributed by atoms with Gasteiger partial charge in [-0.05, 0) is 43.5 Å². The van der Waals surface area contributed by atoms with Gasteiger partial charge in [0.15, 0.2) is 0 Å². The molecule has 0 spiro atoms. The molecule has 1 N–H and O–H groups in total. The van der Waals surface area contributed by atoms with Gasteiger partial charge in [0.25, 0.3) is 0 Å². The highest BCUT2D eigenvalue weighted by molar-refractivity contribution is 7.92. The molecule has 0 bridgehead atoms. The van der Waals surface area contributed by atoms with Crippen molar-refractivity contribution < 1.29 is 22.7 Å². The number of sulfonamides is 1. The molecule has 2 rings (SSSR count). The molecule has 8 nitrogen and oxygen atoms in total. The van der Waals surface area contributed by atoms with Crippen LogP contribution in [0.4, 0.5) is 5.69 Å². The molecule has 0 aliphatic rings. The Labute approximate surface area is 206 Å². The van der Waals surface area contributed by atoms with Crippen molar-refractivity contribution in [2.75, 3.05) is 37.3 Å². The number of rotatable bonds is 12. The van der Waals surface area contributed by atoms with E-state index in [1.807, 2.05) is 37.3 Å². The molecule has 34 heavy (non-hydrogen) atoms. The highest BCUT2D eigenvalue weighted by Crippen LogP contribution is 2.30. The van der Waals surface area contributed by atoms with Gasteiger partial charge in [0, 0.05) is 13.1 Å². The van der Waals surface area contributed by atoms with Crippen LogP contribution in [0.5, 0.6) is 5.75 Å². The summed E-state index contributed by atoms with van der Waals surface area (Å²) in [6.07, 6.45) is 1.93. The minimum absolute atomic E-state index is 0.218. The van der Waals surface area contributed by atoms with Gasteiger partial charge in [-0.3, -0.25) is 13.9 Å². The number of hydrogen-bond donors (Lipinski definition) is 1. The first-order valence-electron chi connectivity index (χ1n) is 11.0. The lowest BCUT2D eigenvalue weighted by Gasteiger charge is -2.32. The molecule has 2 amide bonds. The van der Waals surface area contributed by atoms with Crippen LogP contribution in [0.2, 0.25) is 5.02 Å². The van der Waals surface area contributed by atoms with Crippen molar-refractivity contribution in [1.29, 1.82) is 0 Å². The van der Waals surface area contributed by atoms with E-state index in [4.69, 9.17) is 16.3 Å². The van der Waals surface area contributed by atoms with E-state index < -0.39 is 28.5 Å². The average Bonchev–Trinajstić information content (AvgIpc) is 2.80. The van der Waals surface area contributed by atoms with Gasteiger partial charge in [0.05, 0.1) is 24.1 Å². The molecule has 10 heteroatoms. The summed E-state index contributed by atoms with van der Waals surface area (Å²) in [4.78, 5) is 27.7. The summed E-state index contributed by atoms with van der Waals surface area (Å²) in [5, 5.41) is 2.99. The normalized spacial score (nSPS) is 12.0. The van der Waals surface area contributed by atoms with Crippen molar-refractivity contribution in [2.45, 2.75) is 32.7 Å². The van der Waals surface area contributed by atoms with Crippen molar-refractivity contribution in [3.63, 3.8) is 0 Å². The zero-order valence-electron chi connectivity index (χ0n) is 20.0. The molecule has 0 saturated heterocycles. The first kappa shape index (κ1) is 27.5. The predicted molar refractivity (Wildman–Crippen MR) is 135 cm³/mol. The Hall–Kier alpha value is -2.78. The third kappa shape index (κ3) is 7.36. The molecule has 0 aliphatic heterocycles. The average molecular weight is 510 g/mol. The highest BCUT2D eigenvalue weighted by atomic mass is 35.5. The number of amides is 2. The molecule has 0 heterocycles. The molecule has 186 valence electrons. The Kier molecular flexibility index (Phi) is 10.2. The Balaban J connectivity index is 2.37. The highest BCUT2D eigenvalue weighted by Gasteiger charge is 2.31. The maximum Gasteiger partial charge on any atom is 0.244 e. The van der Waals surface area contributed by atoms with Crippen molar-refractivity contribution in [2.24, 2.45) is 0 Å². The molecule has 2 aromatic carbocycles. The monoisotopic (exact) mass is 509 g/mol. The molecule has 0 fully saturated rings. The number of methoxy groups -OCH3 is 1. The van der Waals surface area contributed by atoms with Gasteiger partial charge >= 0.3 is 0 Å². The SMILES string of the molecule is CCNC(=O)C(CC)N(CCc1ccccc1)C(=O)CN(c1ccc(OC)c(Cl)c1)S(C)(=O)=O. The summed E-state index contributed by atoms with van der Waals surface area (Å²) in [6.45, 7) is 3.85.